The molecule has 0 aromatic carbocycles. The van der Waals surface area contributed by atoms with Crippen LogP contribution in [0.1, 0.15) is 89.9 Å². The van der Waals surface area contributed by atoms with E-state index in [2.05, 4.69) is 0 Å². The summed E-state index contributed by atoms with van der Waals surface area (Å²) in [4.78, 5) is 10.6. The molecule has 29 heavy (non-hydrogen) atoms. The van der Waals surface area contributed by atoms with E-state index in [4.69, 9.17) is 21.4 Å². The molecule has 2 aliphatic rings. The molecule has 0 radical (unpaired) electrons. The molecule has 0 aliphatic heterocycles. The highest BCUT2D eigenvalue weighted by Gasteiger charge is 2.48. The lowest BCUT2D eigenvalue weighted by Gasteiger charge is -2.26. The zero-order chi connectivity index (χ0) is 21.3. The second kappa shape index (κ2) is 12.5. The molecule has 3 N–H and O–H groups in total. The largest absolute Gasteiger partial charge is 0.481 e. The highest BCUT2D eigenvalue weighted by Crippen LogP contribution is 2.54. The third-order valence-electron chi connectivity index (χ3n) is 7.29. The molecule has 6 heteroatoms. The molecule has 0 aromatic rings. The van der Waals surface area contributed by atoms with Crippen LogP contribution in [0.4, 0.5) is 0 Å². The first-order valence-electron chi connectivity index (χ1n) is 11.6. The van der Waals surface area contributed by atoms with E-state index in [0.29, 0.717) is 12.3 Å². The number of carboxylic acids is 1. The second-order valence-corrected chi connectivity index (χ2v) is 9.96. The van der Waals surface area contributed by atoms with Crippen LogP contribution in [0.25, 0.3) is 0 Å². The van der Waals surface area contributed by atoms with Gasteiger partial charge in [0.2, 0.25) is 0 Å². The Labute approximate surface area is 181 Å². The van der Waals surface area contributed by atoms with E-state index >= 15 is 0 Å². The van der Waals surface area contributed by atoms with Crippen LogP contribution in [-0.2, 0) is 9.53 Å². The average molecular weight is 433 g/mol. The fourth-order valence-corrected chi connectivity index (χ4v) is 5.77. The van der Waals surface area contributed by atoms with Crippen molar-refractivity contribution < 1.29 is 24.9 Å². The fraction of sp³-hybridized carbons (Fsp3) is 0.957. The van der Waals surface area contributed by atoms with Gasteiger partial charge in [-0.1, -0.05) is 25.7 Å². The van der Waals surface area contributed by atoms with Crippen LogP contribution in [-0.4, -0.2) is 52.6 Å². The molecule has 0 amide bonds. The number of aliphatic carboxylic acids is 1. The molecule has 0 saturated heterocycles. The first-order chi connectivity index (χ1) is 13.9. The third kappa shape index (κ3) is 8.01. The Morgan fingerprint density at radius 2 is 1.79 bits per heavy atom. The van der Waals surface area contributed by atoms with Crippen LogP contribution in [0.5, 0.6) is 0 Å². The maximum absolute atomic E-state index is 10.7. The van der Waals surface area contributed by atoms with Gasteiger partial charge in [0.05, 0.1) is 12.2 Å². The molecule has 2 fully saturated rings. The molecule has 5 atom stereocenters. The Bertz CT molecular complexity index is 482. The predicted octanol–water partition coefficient (Wildman–Crippen LogP) is 4.75. The number of carbonyl (C=O) groups is 1. The number of carboxylic acid groups (broad SMARTS) is 1. The van der Waals surface area contributed by atoms with E-state index in [-0.39, 0.29) is 35.3 Å². The number of hydrogen-bond donors (Lipinski definition) is 3. The minimum Gasteiger partial charge on any atom is -0.481 e. The molecule has 0 aromatic heterocycles. The first-order valence-corrected chi connectivity index (χ1v) is 12.0. The summed E-state index contributed by atoms with van der Waals surface area (Å²) in [5, 5.41) is 29.9. The van der Waals surface area contributed by atoms with Crippen molar-refractivity contribution in [3.8, 4) is 0 Å². The predicted molar refractivity (Wildman–Crippen MR) is 115 cm³/mol. The van der Waals surface area contributed by atoms with Gasteiger partial charge in [0.15, 0.2) is 0 Å². The Balaban J connectivity index is 1.68. The lowest BCUT2D eigenvalue weighted by Crippen LogP contribution is -2.24. The van der Waals surface area contributed by atoms with Crippen molar-refractivity contribution in [2.75, 3.05) is 13.7 Å². The molecule has 0 heterocycles. The summed E-state index contributed by atoms with van der Waals surface area (Å²) in [5.74, 6) is -0.161. The highest BCUT2D eigenvalue weighted by atomic mass is 35.5. The maximum atomic E-state index is 10.7. The molecule has 2 saturated carbocycles. The number of aliphatic hydroxyl groups is 2. The number of aliphatic hydroxyl groups excluding tert-OH is 2. The van der Waals surface area contributed by atoms with Crippen molar-refractivity contribution in [3.63, 3.8) is 0 Å². The van der Waals surface area contributed by atoms with Gasteiger partial charge in [0.1, 0.15) is 0 Å². The number of methoxy groups -OCH3 is 1. The Kier molecular flexibility index (Phi) is 10.7. The normalized spacial score (nSPS) is 29.1. The molecular formula is C23H41ClO5. The molecule has 0 spiro atoms. The lowest BCUT2D eigenvalue weighted by molar-refractivity contribution is -0.137. The maximum Gasteiger partial charge on any atom is 0.303 e. The van der Waals surface area contributed by atoms with Crippen molar-refractivity contribution in [1.82, 2.24) is 0 Å². The Hall–Kier alpha value is -0.360. The van der Waals surface area contributed by atoms with Crippen molar-refractivity contribution in [2.45, 2.75) is 107 Å². The molecule has 0 bridgehead atoms. The van der Waals surface area contributed by atoms with Gasteiger partial charge in [-0.25, -0.2) is 0 Å². The van der Waals surface area contributed by atoms with Crippen molar-refractivity contribution in [2.24, 2.45) is 17.3 Å². The Morgan fingerprint density at radius 3 is 2.45 bits per heavy atom. The van der Waals surface area contributed by atoms with Crippen molar-refractivity contribution in [1.29, 1.82) is 0 Å². The number of ether oxygens (including phenoxy) is 1. The zero-order valence-corrected chi connectivity index (χ0v) is 18.8. The highest BCUT2D eigenvalue weighted by molar-refractivity contribution is 6.21. The van der Waals surface area contributed by atoms with Crippen LogP contribution in [0.2, 0.25) is 0 Å². The fourth-order valence-electron chi connectivity index (χ4n) is 5.28. The van der Waals surface area contributed by atoms with Crippen LogP contribution >= 0.6 is 11.6 Å². The quantitative estimate of drug-likeness (QED) is 0.242. The standard InChI is InChI=1S/C23H41ClO5/c1-29-15-7-12-23(13-14-23)21(26)10-6-9-18-17(19(24)16-20(18)25)8-4-2-3-5-11-22(27)28/h17-21,25-26H,2-16H2,1H3,(H,27,28)/t17-,18-,19-,20-,21?/m1/s1. The van der Waals surface area contributed by atoms with Crippen LogP contribution in [0.3, 0.4) is 0 Å². The van der Waals surface area contributed by atoms with Gasteiger partial charge < -0.3 is 20.1 Å². The number of rotatable bonds is 16. The van der Waals surface area contributed by atoms with Gasteiger partial charge in [0.25, 0.3) is 0 Å². The van der Waals surface area contributed by atoms with E-state index in [9.17, 15) is 15.0 Å². The summed E-state index contributed by atoms with van der Waals surface area (Å²) in [7, 11) is 1.72. The van der Waals surface area contributed by atoms with Crippen molar-refractivity contribution >= 4 is 17.6 Å². The zero-order valence-electron chi connectivity index (χ0n) is 18.0. The SMILES string of the molecule is COCCCC1(C(O)CCC[C@@H]2[C@@H](CCCCCCC(=O)O)[C@H](Cl)C[C@H]2O)CC1. The smallest absolute Gasteiger partial charge is 0.303 e. The molecule has 1 unspecified atom stereocenters. The van der Waals surface area contributed by atoms with E-state index in [1.54, 1.807) is 7.11 Å². The van der Waals surface area contributed by atoms with E-state index in [1.807, 2.05) is 0 Å². The van der Waals surface area contributed by atoms with E-state index < -0.39 is 5.97 Å². The van der Waals surface area contributed by atoms with Crippen LogP contribution < -0.4 is 0 Å². The summed E-state index contributed by atoms with van der Waals surface area (Å²) >= 11 is 6.55. The lowest BCUT2D eigenvalue weighted by atomic mass is 9.84. The van der Waals surface area contributed by atoms with E-state index in [0.717, 1.165) is 83.7 Å². The van der Waals surface area contributed by atoms with Gasteiger partial charge in [0, 0.05) is 25.5 Å². The first kappa shape index (κ1) is 24.9. The second-order valence-electron chi connectivity index (χ2n) is 9.40. The topological polar surface area (TPSA) is 87.0 Å². The molecule has 2 aliphatic carbocycles. The monoisotopic (exact) mass is 432 g/mol. The molecule has 5 nitrogen and oxygen atoms in total. The van der Waals surface area contributed by atoms with Crippen molar-refractivity contribution in [3.05, 3.63) is 0 Å². The number of unbranched alkanes of at least 4 members (excludes halogenated alkanes) is 3. The summed E-state index contributed by atoms with van der Waals surface area (Å²) in [5.41, 5.74) is 0.122. The van der Waals surface area contributed by atoms with Gasteiger partial charge >= 0.3 is 5.97 Å². The van der Waals surface area contributed by atoms with E-state index in [1.165, 1.54) is 0 Å². The van der Waals surface area contributed by atoms with Crippen LogP contribution in [0.15, 0.2) is 0 Å². The number of halogens is 1. The summed E-state index contributed by atoms with van der Waals surface area (Å²) < 4.78 is 5.14. The number of alkyl halides is 1. The summed E-state index contributed by atoms with van der Waals surface area (Å²) in [6.45, 7) is 0.762. The minimum absolute atomic E-state index is 0.0303. The average Bonchev–Trinajstić information content (AvgIpc) is 3.41. The Morgan fingerprint density at radius 1 is 1.10 bits per heavy atom. The molecule has 2 rings (SSSR count). The molecular weight excluding hydrogens is 392 g/mol. The van der Waals surface area contributed by atoms with Crippen LogP contribution in [0, 0.1) is 17.3 Å². The number of hydrogen-bond acceptors (Lipinski definition) is 4. The third-order valence-corrected chi connectivity index (χ3v) is 7.79. The summed E-state index contributed by atoms with van der Waals surface area (Å²) in [6, 6.07) is 0. The molecule has 170 valence electrons. The summed E-state index contributed by atoms with van der Waals surface area (Å²) in [6.07, 6.45) is 12.1. The minimum atomic E-state index is -0.723. The van der Waals surface area contributed by atoms with Gasteiger partial charge in [-0.3, -0.25) is 4.79 Å². The van der Waals surface area contributed by atoms with Gasteiger partial charge in [-0.2, -0.15) is 0 Å². The van der Waals surface area contributed by atoms with Gasteiger partial charge in [-0.15, -0.1) is 11.6 Å². The van der Waals surface area contributed by atoms with Gasteiger partial charge in [-0.05, 0) is 75.0 Å².